The van der Waals surface area contributed by atoms with Gasteiger partial charge in [-0.25, -0.2) is 0 Å². The van der Waals surface area contributed by atoms with Gasteiger partial charge in [-0.2, -0.15) is 8.42 Å². The highest BCUT2D eigenvalue weighted by Gasteiger charge is 2.41. The van der Waals surface area contributed by atoms with E-state index in [0.717, 1.165) is 5.56 Å². The van der Waals surface area contributed by atoms with Gasteiger partial charge < -0.3 is 9.47 Å². The van der Waals surface area contributed by atoms with Crippen molar-refractivity contribution in [2.45, 2.75) is 21.4 Å². The Labute approximate surface area is 196 Å². The van der Waals surface area contributed by atoms with E-state index in [1.807, 2.05) is 30.3 Å². The third kappa shape index (κ3) is 6.05. The van der Waals surface area contributed by atoms with E-state index in [0.29, 0.717) is 5.75 Å². The van der Waals surface area contributed by atoms with Gasteiger partial charge in [0.15, 0.2) is 17.6 Å². The van der Waals surface area contributed by atoms with E-state index < -0.39 is 20.0 Å². The lowest BCUT2D eigenvalue weighted by atomic mass is 10.1. The molecule has 0 saturated heterocycles. The maximum Gasteiger partial charge on any atom is 0.297 e. The molecule has 0 unspecified atom stereocenters. The maximum atomic E-state index is 12.8. The van der Waals surface area contributed by atoms with Gasteiger partial charge in [0.1, 0.15) is 6.61 Å². The van der Waals surface area contributed by atoms with Crippen LogP contribution in [0.15, 0.2) is 83.8 Å². The molecule has 3 aromatic rings. The molecule has 0 heterocycles. The van der Waals surface area contributed by atoms with E-state index in [4.69, 9.17) is 48.5 Å². The van der Waals surface area contributed by atoms with Crippen LogP contribution in [0.3, 0.4) is 0 Å². The molecule has 1 atom stereocenters. The van der Waals surface area contributed by atoms with E-state index in [1.54, 1.807) is 36.4 Å². The number of para-hydroxylation sites is 1. The average molecular weight is 502 g/mol. The monoisotopic (exact) mass is 500 g/mol. The van der Waals surface area contributed by atoms with Crippen LogP contribution < -0.4 is 9.47 Å². The largest absolute Gasteiger partial charge is 0.493 e. The summed E-state index contributed by atoms with van der Waals surface area (Å²) in [5.74, 6) is 0.557. The Kier molecular flexibility index (Phi) is 7.73. The van der Waals surface area contributed by atoms with Crippen LogP contribution in [0.25, 0.3) is 0 Å². The van der Waals surface area contributed by atoms with E-state index >= 15 is 0 Å². The Morgan fingerprint density at radius 1 is 0.871 bits per heavy atom. The molecule has 3 rings (SSSR count). The highest BCUT2D eigenvalue weighted by Crippen LogP contribution is 2.48. The van der Waals surface area contributed by atoms with Crippen molar-refractivity contribution in [1.29, 1.82) is 0 Å². The van der Waals surface area contributed by atoms with E-state index in [9.17, 15) is 8.42 Å². The molecule has 0 amide bonds. The first-order valence-corrected chi connectivity index (χ1v) is 11.7. The van der Waals surface area contributed by atoms with E-state index in [-0.39, 0.29) is 22.8 Å². The number of alkyl halides is 3. The van der Waals surface area contributed by atoms with Gasteiger partial charge in [-0.1, -0.05) is 95.5 Å². The summed E-state index contributed by atoms with van der Waals surface area (Å²) in [5.41, 5.74) is 1.11. The van der Waals surface area contributed by atoms with Gasteiger partial charge in [0, 0.05) is 5.56 Å². The van der Waals surface area contributed by atoms with E-state index in [1.165, 1.54) is 19.2 Å². The first-order chi connectivity index (χ1) is 14.7. The maximum absolute atomic E-state index is 12.8. The van der Waals surface area contributed by atoms with Crippen LogP contribution in [0.1, 0.15) is 17.2 Å². The van der Waals surface area contributed by atoms with Crippen molar-refractivity contribution in [3.8, 4) is 11.5 Å². The fraction of sp³-hybridized carbons (Fsp3) is 0.182. The average Bonchev–Trinajstić information content (AvgIpc) is 2.76. The molecule has 0 aliphatic heterocycles. The van der Waals surface area contributed by atoms with Crippen molar-refractivity contribution in [2.75, 3.05) is 7.11 Å². The molecule has 0 fully saturated rings. The minimum Gasteiger partial charge on any atom is -0.493 e. The predicted molar refractivity (Wildman–Crippen MR) is 122 cm³/mol. The van der Waals surface area contributed by atoms with Crippen molar-refractivity contribution in [3.05, 3.63) is 90.0 Å². The molecule has 0 saturated carbocycles. The molecule has 164 valence electrons. The summed E-state index contributed by atoms with van der Waals surface area (Å²) >= 11 is 18.5. The number of hydrogen-bond acceptors (Lipinski definition) is 5. The normalized spacial score (nSPS) is 12.9. The van der Waals surface area contributed by atoms with Crippen LogP contribution in [0.2, 0.25) is 0 Å². The third-order valence-electron chi connectivity index (χ3n) is 4.29. The lowest BCUT2D eigenvalue weighted by molar-refractivity contribution is 0.204. The fourth-order valence-corrected chi connectivity index (χ4v) is 4.58. The fourth-order valence-electron chi connectivity index (χ4n) is 2.84. The summed E-state index contributed by atoms with van der Waals surface area (Å²) in [5, 5.41) is 0. The first kappa shape index (κ1) is 23.7. The van der Waals surface area contributed by atoms with Gasteiger partial charge in [-0.3, -0.25) is 4.18 Å². The number of ether oxygens (including phenoxy) is 2. The molecular weight excluding hydrogens is 483 g/mol. The second kappa shape index (κ2) is 10.1. The SMILES string of the molecule is COc1cccc([C@H](OS(=O)(=O)c2ccccc2)C(Cl)(Cl)Cl)c1OCc1ccccc1. The zero-order valence-corrected chi connectivity index (χ0v) is 19.5. The highest BCUT2D eigenvalue weighted by molar-refractivity contribution is 7.86. The van der Waals surface area contributed by atoms with Crippen LogP contribution in [0.4, 0.5) is 0 Å². The minimum absolute atomic E-state index is 0.0658. The number of hydrogen-bond donors (Lipinski definition) is 0. The lowest BCUT2D eigenvalue weighted by Crippen LogP contribution is -2.24. The van der Waals surface area contributed by atoms with Crippen LogP contribution in [-0.2, 0) is 20.9 Å². The molecule has 0 N–H and O–H groups in total. The lowest BCUT2D eigenvalue weighted by Gasteiger charge is -2.27. The number of rotatable bonds is 8. The Morgan fingerprint density at radius 3 is 2.06 bits per heavy atom. The van der Waals surface area contributed by atoms with Crippen molar-refractivity contribution in [3.63, 3.8) is 0 Å². The van der Waals surface area contributed by atoms with Gasteiger partial charge >= 0.3 is 0 Å². The summed E-state index contributed by atoms with van der Waals surface area (Å²) < 4.78 is 40.3. The van der Waals surface area contributed by atoms with Crippen molar-refractivity contribution < 1.29 is 22.1 Å². The standard InChI is InChI=1S/C22H19Cl3O5S/c1-28-19-14-8-13-18(20(19)29-15-16-9-4-2-5-10-16)21(22(23,24)25)30-31(26,27)17-11-6-3-7-12-17/h2-14,21H,15H2,1H3/t21-/m0/s1. The Hall–Kier alpha value is -1.96. The Morgan fingerprint density at radius 2 is 1.48 bits per heavy atom. The van der Waals surface area contributed by atoms with Crippen LogP contribution in [-0.4, -0.2) is 19.3 Å². The topological polar surface area (TPSA) is 61.8 Å². The minimum atomic E-state index is -4.24. The van der Waals surface area contributed by atoms with Crippen LogP contribution in [0, 0.1) is 0 Å². The van der Waals surface area contributed by atoms with Gasteiger partial charge in [0.2, 0.25) is 3.79 Å². The quantitative estimate of drug-likeness (QED) is 0.276. The van der Waals surface area contributed by atoms with Crippen molar-refractivity contribution in [1.82, 2.24) is 0 Å². The molecule has 0 aliphatic rings. The molecule has 0 aliphatic carbocycles. The first-order valence-electron chi connectivity index (χ1n) is 9.11. The number of halogens is 3. The molecule has 0 bridgehead atoms. The van der Waals surface area contributed by atoms with Crippen molar-refractivity contribution >= 4 is 44.9 Å². The summed E-state index contributed by atoms with van der Waals surface area (Å²) in [4.78, 5) is -0.0658. The van der Waals surface area contributed by atoms with Gasteiger partial charge in [0.05, 0.1) is 12.0 Å². The Bertz CT molecular complexity index is 1100. The smallest absolute Gasteiger partial charge is 0.297 e. The number of methoxy groups -OCH3 is 1. The predicted octanol–water partition coefficient (Wildman–Crippen LogP) is 6.09. The zero-order chi connectivity index (χ0) is 22.5. The molecule has 0 aromatic heterocycles. The summed E-state index contributed by atoms with van der Waals surface area (Å²) in [6, 6.07) is 21.9. The van der Waals surface area contributed by atoms with Crippen molar-refractivity contribution in [2.24, 2.45) is 0 Å². The molecule has 0 spiro atoms. The zero-order valence-electron chi connectivity index (χ0n) is 16.4. The molecular formula is C22H19Cl3O5S. The second-order valence-electron chi connectivity index (χ2n) is 6.44. The summed E-state index contributed by atoms with van der Waals surface area (Å²) in [6.07, 6.45) is -1.50. The van der Waals surface area contributed by atoms with Gasteiger partial charge in [0.25, 0.3) is 10.1 Å². The number of benzene rings is 3. The molecule has 3 aromatic carbocycles. The Balaban J connectivity index is 2.01. The molecule has 9 heteroatoms. The molecule has 31 heavy (non-hydrogen) atoms. The molecule has 5 nitrogen and oxygen atoms in total. The van der Waals surface area contributed by atoms with Crippen LogP contribution >= 0.6 is 34.8 Å². The van der Waals surface area contributed by atoms with Gasteiger partial charge in [-0.15, -0.1) is 0 Å². The summed E-state index contributed by atoms with van der Waals surface area (Å²) in [7, 11) is -2.79. The van der Waals surface area contributed by atoms with Gasteiger partial charge in [-0.05, 0) is 23.8 Å². The third-order valence-corrected chi connectivity index (χ3v) is 6.18. The second-order valence-corrected chi connectivity index (χ2v) is 10.4. The van der Waals surface area contributed by atoms with E-state index in [2.05, 4.69) is 0 Å². The van der Waals surface area contributed by atoms with Crippen LogP contribution in [0.5, 0.6) is 11.5 Å². The molecule has 0 radical (unpaired) electrons. The highest BCUT2D eigenvalue weighted by atomic mass is 35.6. The summed E-state index contributed by atoms with van der Waals surface area (Å²) in [6.45, 7) is 0.187.